The number of anilines is 1. The van der Waals surface area contributed by atoms with Crippen LogP contribution in [0.5, 0.6) is 0 Å². The van der Waals surface area contributed by atoms with Gasteiger partial charge in [0.25, 0.3) is 0 Å². The van der Waals surface area contributed by atoms with Gasteiger partial charge in [-0.1, -0.05) is 16.8 Å². The fraction of sp³-hybridized carbons (Fsp3) is 0.417. The Balaban J connectivity index is 1.67. The molecule has 0 radical (unpaired) electrons. The summed E-state index contributed by atoms with van der Waals surface area (Å²) < 4.78 is 1.95. The molecular formula is C12H14ClN5. The Morgan fingerprint density at radius 2 is 2.06 bits per heavy atom. The zero-order valence-electron chi connectivity index (χ0n) is 9.91. The Kier molecular flexibility index (Phi) is 3.15. The van der Waals surface area contributed by atoms with Gasteiger partial charge in [0.15, 0.2) is 0 Å². The third-order valence-electron chi connectivity index (χ3n) is 3.31. The van der Waals surface area contributed by atoms with Crippen molar-refractivity contribution in [3.05, 3.63) is 35.7 Å². The van der Waals surface area contributed by atoms with Crippen molar-refractivity contribution in [2.75, 3.05) is 18.0 Å². The molecule has 0 spiro atoms. The summed E-state index contributed by atoms with van der Waals surface area (Å²) in [5, 5.41) is 8.65. The summed E-state index contributed by atoms with van der Waals surface area (Å²) in [6.07, 6.45) is 7.51. The zero-order valence-corrected chi connectivity index (χ0v) is 10.7. The maximum Gasteiger partial charge on any atom is 0.129 e. The van der Waals surface area contributed by atoms with Crippen LogP contribution in [0.1, 0.15) is 18.9 Å². The number of hydrogen-bond acceptors (Lipinski definition) is 4. The topological polar surface area (TPSA) is 46.8 Å². The molecule has 1 saturated heterocycles. The lowest BCUT2D eigenvalue weighted by Crippen LogP contribution is -2.35. The van der Waals surface area contributed by atoms with Crippen LogP contribution < -0.4 is 4.90 Å². The molecule has 0 bridgehead atoms. The lowest BCUT2D eigenvalue weighted by molar-refractivity contribution is 0.359. The Hall–Kier alpha value is -1.62. The molecule has 0 amide bonds. The van der Waals surface area contributed by atoms with Crippen LogP contribution in [0.4, 0.5) is 5.82 Å². The van der Waals surface area contributed by atoms with Gasteiger partial charge in [-0.15, -0.1) is 5.10 Å². The molecule has 0 atom stereocenters. The van der Waals surface area contributed by atoms with Crippen molar-refractivity contribution in [3.63, 3.8) is 0 Å². The van der Waals surface area contributed by atoms with Crippen LogP contribution in [-0.4, -0.2) is 33.1 Å². The first-order valence-electron chi connectivity index (χ1n) is 6.05. The van der Waals surface area contributed by atoms with Crippen molar-refractivity contribution < 1.29 is 0 Å². The van der Waals surface area contributed by atoms with Gasteiger partial charge in [0, 0.05) is 30.5 Å². The van der Waals surface area contributed by atoms with E-state index in [0.717, 1.165) is 36.8 Å². The second kappa shape index (κ2) is 4.94. The van der Waals surface area contributed by atoms with E-state index in [0.29, 0.717) is 6.04 Å². The zero-order chi connectivity index (χ0) is 12.4. The third kappa shape index (κ3) is 2.31. The number of nitrogens with zero attached hydrogens (tertiary/aromatic N) is 5. The Bertz CT molecular complexity index is 505. The van der Waals surface area contributed by atoms with Gasteiger partial charge in [0.05, 0.1) is 12.2 Å². The highest BCUT2D eigenvalue weighted by molar-refractivity contribution is 6.30. The van der Waals surface area contributed by atoms with E-state index in [4.69, 9.17) is 11.6 Å². The van der Waals surface area contributed by atoms with Crippen LogP contribution in [0.2, 0.25) is 5.02 Å². The van der Waals surface area contributed by atoms with Crippen LogP contribution in [0.25, 0.3) is 0 Å². The molecule has 3 rings (SSSR count). The van der Waals surface area contributed by atoms with Crippen LogP contribution in [-0.2, 0) is 0 Å². The van der Waals surface area contributed by atoms with Gasteiger partial charge in [0.2, 0.25) is 0 Å². The smallest absolute Gasteiger partial charge is 0.129 e. The number of piperidine rings is 1. The fourth-order valence-corrected chi connectivity index (χ4v) is 2.49. The van der Waals surface area contributed by atoms with Crippen molar-refractivity contribution in [1.29, 1.82) is 0 Å². The molecule has 0 N–H and O–H groups in total. The summed E-state index contributed by atoms with van der Waals surface area (Å²) in [7, 11) is 0. The maximum absolute atomic E-state index is 5.98. The Labute approximate surface area is 110 Å². The predicted molar refractivity (Wildman–Crippen MR) is 69.8 cm³/mol. The quantitative estimate of drug-likeness (QED) is 0.833. The normalized spacial score (nSPS) is 17.1. The highest BCUT2D eigenvalue weighted by atomic mass is 35.5. The van der Waals surface area contributed by atoms with Crippen molar-refractivity contribution >= 4 is 17.4 Å². The van der Waals surface area contributed by atoms with Crippen LogP contribution >= 0.6 is 11.6 Å². The fourth-order valence-electron chi connectivity index (χ4n) is 2.34. The number of rotatable bonds is 2. The average molecular weight is 264 g/mol. The Morgan fingerprint density at radius 3 is 2.72 bits per heavy atom. The molecule has 1 aliphatic rings. The molecular weight excluding hydrogens is 250 g/mol. The highest BCUT2D eigenvalue weighted by Gasteiger charge is 2.21. The minimum atomic E-state index is 0.447. The van der Waals surface area contributed by atoms with Gasteiger partial charge in [-0.3, -0.25) is 0 Å². The summed E-state index contributed by atoms with van der Waals surface area (Å²) in [5.41, 5.74) is 0. The van der Waals surface area contributed by atoms with E-state index in [9.17, 15) is 0 Å². The summed E-state index contributed by atoms with van der Waals surface area (Å²) >= 11 is 5.98. The van der Waals surface area contributed by atoms with E-state index < -0.39 is 0 Å². The number of pyridine rings is 1. The Morgan fingerprint density at radius 1 is 1.22 bits per heavy atom. The molecule has 0 aromatic carbocycles. The van der Waals surface area contributed by atoms with Crippen molar-refractivity contribution in [1.82, 2.24) is 20.0 Å². The summed E-state index contributed by atoms with van der Waals surface area (Å²) in [6, 6.07) is 4.16. The molecule has 6 heteroatoms. The largest absolute Gasteiger partial charge is 0.356 e. The van der Waals surface area contributed by atoms with E-state index >= 15 is 0 Å². The first kappa shape index (κ1) is 11.5. The molecule has 1 fully saturated rings. The number of hydrogen-bond donors (Lipinski definition) is 0. The van der Waals surface area contributed by atoms with E-state index in [1.165, 1.54) is 0 Å². The molecule has 2 aromatic heterocycles. The monoisotopic (exact) mass is 263 g/mol. The van der Waals surface area contributed by atoms with Crippen molar-refractivity contribution in [2.24, 2.45) is 0 Å². The lowest BCUT2D eigenvalue weighted by Gasteiger charge is -2.32. The maximum atomic E-state index is 5.98. The second-order valence-electron chi connectivity index (χ2n) is 4.43. The summed E-state index contributed by atoms with van der Waals surface area (Å²) in [5.74, 6) is 0.958. The molecule has 1 aliphatic heterocycles. The molecule has 3 heterocycles. The van der Waals surface area contributed by atoms with Crippen LogP contribution in [0, 0.1) is 0 Å². The van der Waals surface area contributed by atoms with Gasteiger partial charge in [0.1, 0.15) is 5.82 Å². The molecule has 5 nitrogen and oxygen atoms in total. The minimum Gasteiger partial charge on any atom is -0.356 e. The lowest BCUT2D eigenvalue weighted by atomic mass is 10.1. The SMILES string of the molecule is Clc1ccnc(N2CCC(n3ccnn3)CC2)c1. The average Bonchev–Trinajstić information content (AvgIpc) is 2.93. The molecule has 0 saturated carbocycles. The summed E-state index contributed by atoms with van der Waals surface area (Å²) in [6.45, 7) is 1.94. The highest BCUT2D eigenvalue weighted by Crippen LogP contribution is 2.25. The van der Waals surface area contributed by atoms with Crippen LogP contribution in [0.15, 0.2) is 30.7 Å². The molecule has 18 heavy (non-hydrogen) atoms. The van der Waals surface area contributed by atoms with Gasteiger partial charge in [-0.05, 0) is 25.0 Å². The van der Waals surface area contributed by atoms with Gasteiger partial charge in [-0.25, -0.2) is 9.67 Å². The molecule has 94 valence electrons. The van der Waals surface area contributed by atoms with Crippen LogP contribution in [0.3, 0.4) is 0 Å². The summed E-state index contributed by atoms with van der Waals surface area (Å²) in [4.78, 5) is 6.62. The van der Waals surface area contributed by atoms with E-state index in [1.807, 2.05) is 16.9 Å². The second-order valence-corrected chi connectivity index (χ2v) is 4.87. The van der Waals surface area contributed by atoms with Crippen molar-refractivity contribution in [3.8, 4) is 0 Å². The minimum absolute atomic E-state index is 0.447. The standard InChI is InChI=1S/C12H14ClN5/c13-10-1-4-14-12(9-10)17-6-2-11(3-7-17)18-8-5-15-16-18/h1,4-5,8-9,11H,2-3,6-7H2. The van der Waals surface area contributed by atoms with Gasteiger partial charge < -0.3 is 4.90 Å². The first-order chi connectivity index (χ1) is 8.83. The number of aromatic nitrogens is 4. The van der Waals surface area contributed by atoms with Gasteiger partial charge >= 0.3 is 0 Å². The molecule has 0 unspecified atom stereocenters. The van der Waals surface area contributed by atoms with E-state index in [-0.39, 0.29) is 0 Å². The van der Waals surface area contributed by atoms with E-state index in [1.54, 1.807) is 18.5 Å². The molecule has 2 aromatic rings. The predicted octanol–water partition coefficient (Wildman–Crippen LogP) is 2.17. The van der Waals surface area contributed by atoms with E-state index in [2.05, 4.69) is 20.2 Å². The first-order valence-corrected chi connectivity index (χ1v) is 6.43. The number of halogens is 1. The van der Waals surface area contributed by atoms with Crippen molar-refractivity contribution in [2.45, 2.75) is 18.9 Å². The molecule has 0 aliphatic carbocycles. The van der Waals surface area contributed by atoms with Gasteiger partial charge in [-0.2, -0.15) is 0 Å². The third-order valence-corrected chi connectivity index (χ3v) is 3.55.